The zero-order chi connectivity index (χ0) is 17.6. The fraction of sp³-hybridized carbons (Fsp3) is 0.421. The summed E-state index contributed by atoms with van der Waals surface area (Å²) in [5, 5.41) is 0. The number of hydrogen-bond acceptors (Lipinski definition) is 5. The van der Waals surface area contributed by atoms with E-state index in [1.54, 1.807) is 18.3 Å². The first kappa shape index (κ1) is 17.2. The zero-order valence-electron chi connectivity index (χ0n) is 14.8. The fourth-order valence-corrected chi connectivity index (χ4v) is 3.16. The molecule has 6 nitrogen and oxygen atoms in total. The second-order valence-electron chi connectivity index (χ2n) is 6.14. The molecule has 3 heterocycles. The third kappa shape index (κ3) is 4.07. The molecule has 1 aliphatic heterocycles. The zero-order valence-corrected chi connectivity index (χ0v) is 14.8. The largest absolute Gasteiger partial charge is 0.478 e. The molecule has 0 unspecified atom stereocenters. The Kier molecular flexibility index (Phi) is 5.48. The Morgan fingerprint density at radius 2 is 2.04 bits per heavy atom. The van der Waals surface area contributed by atoms with Gasteiger partial charge in [-0.3, -0.25) is 4.79 Å². The first-order chi connectivity index (χ1) is 12.2. The van der Waals surface area contributed by atoms with Crippen molar-refractivity contribution < 1.29 is 9.53 Å². The number of anilines is 1. The van der Waals surface area contributed by atoms with Crippen LogP contribution in [0.1, 0.15) is 30.1 Å². The summed E-state index contributed by atoms with van der Waals surface area (Å²) in [5.74, 6) is 1.51. The lowest BCUT2D eigenvalue weighted by molar-refractivity contribution is 0.0708. The third-order valence-electron chi connectivity index (χ3n) is 4.58. The quantitative estimate of drug-likeness (QED) is 0.837. The minimum absolute atomic E-state index is 0.0136. The van der Waals surface area contributed by atoms with Crippen molar-refractivity contribution in [3.8, 4) is 5.88 Å². The molecule has 1 saturated heterocycles. The van der Waals surface area contributed by atoms with Gasteiger partial charge in [-0.15, -0.1) is 0 Å². The number of hydrogen-bond donors (Lipinski definition) is 0. The average molecular weight is 340 g/mol. The van der Waals surface area contributed by atoms with Crippen LogP contribution in [0.3, 0.4) is 0 Å². The molecular formula is C19H24N4O2. The van der Waals surface area contributed by atoms with Gasteiger partial charge in [0.15, 0.2) is 0 Å². The summed E-state index contributed by atoms with van der Waals surface area (Å²) in [5.41, 5.74) is 0.619. The lowest BCUT2D eigenvalue weighted by Gasteiger charge is -2.37. The van der Waals surface area contributed by atoms with E-state index in [-0.39, 0.29) is 11.9 Å². The fourth-order valence-electron chi connectivity index (χ4n) is 3.16. The number of amides is 1. The van der Waals surface area contributed by atoms with E-state index in [0.717, 1.165) is 31.7 Å². The van der Waals surface area contributed by atoms with E-state index < -0.39 is 0 Å². The van der Waals surface area contributed by atoms with Crippen molar-refractivity contribution in [1.29, 1.82) is 0 Å². The van der Waals surface area contributed by atoms with Gasteiger partial charge in [-0.1, -0.05) is 6.07 Å². The maximum absolute atomic E-state index is 12.8. The van der Waals surface area contributed by atoms with Gasteiger partial charge in [0.1, 0.15) is 5.82 Å². The third-order valence-corrected chi connectivity index (χ3v) is 4.58. The highest BCUT2D eigenvalue weighted by Gasteiger charge is 2.26. The SMILES string of the molecule is CCOc1cc(C(=O)N(C)C2CCN(c3ccccn3)CC2)ccn1. The van der Waals surface area contributed by atoms with Crippen molar-refractivity contribution in [2.45, 2.75) is 25.8 Å². The van der Waals surface area contributed by atoms with Crippen molar-refractivity contribution in [2.75, 3.05) is 31.6 Å². The van der Waals surface area contributed by atoms with E-state index in [1.165, 1.54) is 0 Å². The first-order valence-electron chi connectivity index (χ1n) is 8.71. The lowest BCUT2D eigenvalue weighted by Crippen LogP contribution is -2.45. The van der Waals surface area contributed by atoms with Crippen molar-refractivity contribution >= 4 is 11.7 Å². The number of piperidine rings is 1. The molecule has 3 rings (SSSR count). The molecule has 132 valence electrons. The van der Waals surface area contributed by atoms with E-state index in [2.05, 4.69) is 14.9 Å². The lowest BCUT2D eigenvalue weighted by atomic mass is 10.0. The highest BCUT2D eigenvalue weighted by atomic mass is 16.5. The minimum Gasteiger partial charge on any atom is -0.478 e. The summed E-state index contributed by atoms with van der Waals surface area (Å²) in [6, 6.07) is 9.64. The molecule has 2 aromatic rings. The van der Waals surface area contributed by atoms with Crippen LogP contribution >= 0.6 is 0 Å². The number of nitrogens with zero attached hydrogens (tertiary/aromatic N) is 4. The summed E-state index contributed by atoms with van der Waals surface area (Å²) >= 11 is 0. The second-order valence-corrected chi connectivity index (χ2v) is 6.14. The molecule has 1 amide bonds. The Bertz CT molecular complexity index is 700. The van der Waals surface area contributed by atoms with Gasteiger partial charge < -0.3 is 14.5 Å². The van der Waals surface area contributed by atoms with Gasteiger partial charge in [0.05, 0.1) is 6.61 Å². The number of pyridine rings is 2. The van der Waals surface area contributed by atoms with Crippen LogP contribution in [-0.4, -0.2) is 53.6 Å². The van der Waals surface area contributed by atoms with Crippen molar-refractivity contribution in [3.05, 3.63) is 48.3 Å². The molecule has 25 heavy (non-hydrogen) atoms. The highest BCUT2D eigenvalue weighted by Crippen LogP contribution is 2.22. The highest BCUT2D eigenvalue weighted by molar-refractivity contribution is 5.94. The average Bonchev–Trinajstić information content (AvgIpc) is 2.68. The van der Waals surface area contributed by atoms with E-state index >= 15 is 0 Å². The van der Waals surface area contributed by atoms with Gasteiger partial charge in [-0.05, 0) is 38.0 Å². The smallest absolute Gasteiger partial charge is 0.254 e. The van der Waals surface area contributed by atoms with Crippen LogP contribution in [0.5, 0.6) is 5.88 Å². The predicted octanol–water partition coefficient (Wildman–Crippen LogP) is 2.62. The Morgan fingerprint density at radius 1 is 1.24 bits per heavy atom. The Balaban J connectivity index is 1.61. The summed E-state index contributed by atoms with van der Waals surface area (Å²) in [4.78, 5) is 25.4. The van der Waals surface area contributed by atoms with Crippen LogP contribution in [0.2, 0.25) is 0 Å². The molecule has 0 bridgehead atoms. The number of aromatic nitrogens is 2. The van der Waals surface area contributed by atoms with Gasteiger partial charge in [0, 0.05) is 50.2 Å². The Morgan fingerprint density at radius 3 is 2.72 bits per heavy atom. The number of rotatable bonds is 5. The number of ether oxygens (including phenoxy) is 1. The summed E-state index contributed by atoms with van der Waals surface area (Å²) in [7, 11) is 1.88. The standard InChI is InChI=1S/C19H24N4O2/c1-3-25-18-14-15(7-11-21-18)19(24)22(2)16-8-12-23(13-9-16)17-6-4-5-10-20-17/h4-7,10-11,14,16H,3,8-9,12-13H2,1-2H3. The monoisotopic (exact) mass is 340 g/mol. The molecule has 0 saturated carbocycles. The Hall–Kier alpha value is -2.63. The molecule has 0 aliphatic carbocycles. The molecule has 0 atom stereocenters. The van der Waals surface area contributed by atoms with E-state index in [1.807, 2.05) is 43.3 Å². The molecule has 2 aromatic heterocycles. The van der Waals surface area contributed by atoms with Gasteiger partial charge in [0.2, 0.25) is 5.88 Å². The van der Waals surface area contributed by atoms with Gasteiger partial charge in [-0.2, -0.15) is 0 Å². The molecule has 1 fully saturated rings. The number of carbonyl (C=O) groups is 1. The van der Waals surface area contributed by atoms with E-state index in [9.17, 15) is 4.79 Å². The van der Waals surface area contributed by atoms with Crippen LogP contribution in [0, 0.1) is 0 Å². The van der Waals surface area contributed by atoms with Crippen molar-refractivity contribution in [3.63, 3.8) is 0 Å². The topological polar surface area (TPSA) is 58.6 Å². The maximum atomic E-state index is 12.8. The summed E-state index contributed by atoms with van der Waals surface area (Å²) in [6.07, 6.45) is 5.30. The first-order valence-corrected chi connectivity index (χ1v) is 8.71. The molecule has 0 spiro atoms. The van der Waals surface area contributed by atoms with Crippen LogP contribution in [-0.2, 0) is 0 Å². The molecule has 0 aromatic carbocycles. The minimum atomic E-state index is 0.0136. The maximum Gasteiger partial charge on any atom is 0.254 e. The molecule has 6 heteroatoms. The summed E-state index contributed by atoms with van der Waals surface area (Å²) < 4.78 is 5.39. The summed E-state index contributed by atoms with van der Waals surface area (Å²) in [6.45, 7) is 4.24. The van der Waals surface area contributed by atoms with E-state index in [0.29, 0.717) is 18.1 Å². The van der Waals surface area contributed by atoms with Crippen LogP contribution in [0.15, 0.2) is 42.7 Å². The van der Waals surface area contributed by atoms with Crippen LogP contribution in [0.25, 0.3) is 0 Å². The van der Waals surface area contributed by atoms with Gasteiger partial charge >= 0.3 is 0 Å². The van der Waals surface area contributed by atoms with Crippen LogP contribution < -0.4 is 9.64 Å². The number of carbonyl (C=O) groups excluding carboxylic acids is 1. The molecule has 0 radical (unpaired) electrons. The molecule has 1 aliphatic rings. The Labute approximate surface area is 148 Å². The van der Waals surface area contributed by atoms with Crippen molar-refractivity contribution in [2.24, 2.45) is 0 Å². The normalized spacial score (nSPS) is 15.0. The molecule has 0 N–H and O–H groups in total. The van der Waals surface area contributed by atoms with Crippen LogP contribution in [0.4, 0.5) is 5.82 Å². The van der Waals surface area contributed by atoms with E-state index in [4.69, 9.17) is 4.74 Å². The molecular weight excluding hydrogens is 316 g/mol. The van der Waals surface area contributed by atoms with Crippen molar-refractivity contribution in [1.82, 2.24) is 14.9 Å². The predicted molar refractivity (Wildman–Crippen MR) is 97.0 cm³/mol. The van der Waals surface area contributed by atoms with Gasteiger partial charge in [-0.25, -0.2) is 9.97 Å². The van der Waals surface area contributed by atoms with Gasteiger partial charge in [0.25, 0.3) is 5.91 Å². The second kappa shape index (κ2) is 7.96.